The molecule has 3 heteroatoms. The molecule has 0 radical (unpaired) electrons. The molecular weight excluding hydrogens is 837 g/mol. The number of fused-ring (bicyclic) bond motifs is 6. The van der Waals surface area contributed by atoms with Crippen LogP contribution in [0.15, 0.2) is 271 Å². The van der Waals surface area contributed by atoms with Gasteiger partial charge < -0.3 is 13.9 Å². The van der Waals surface area contributed by atoms with E-state index in [0.717, 1.165) is 72.5 Å². The summed E-state index contributed by atoms with van der Waals surface area (Å²) in [6, 6.07) is 96.2. The zero-order valence-electron chi connectivity index (χ0n) is 37.7. The highest BCUT2D eigenvalue weighted by molar-refractivity contribution is 6.16. The molecule has 0 N–H and O–H groups in total. The summed E-state index contributed by atoms with van der Waals surface area (Å²) in [5, 5.41) is 4.70. The molecule has 0 bridgehead atoms. The summed E-state index contributed by atoms with van der Waals surface area (Å²) >= 11 is 0. The van der Waals surface area contributed by atoms with Crippen molar-refractivity contribution in [1.29, 1.82) is 0 Å². The van der Waals surface area contributed by atoms with Crippen molar-refractivity contribution in [3.05, 3.63) is 267 Å². The lowest BCUT2D eigenvalue weighted by Crippen LogP contribution is -2.09. The van der Waals surface area contributed by atoms with Gasteiger partial charge in [0.25, 0.3) is 0 Å². The molecule has 2 aromatic heterocycles. The number of para-hydroxylation sites is 3. The lowest BCUT2D eigenvalue weighted by molar-refractivity contribution is 0.669. The highest BCUT2D eigenvalue weighted by Gasteiger charge is 2.19. The molecule has 69 heavy (non-hydrogen) atoms. The van der Waals surface area contributed by atoms with Crippen LogP contribution in [-0.2, 0) is 0 Å². The van der Waals surface area contributed by atoms with Crippen LogP contribution < -0.4 is 4.90 Å². The SMILES string of the molecule is c1ccc(-c2ccc(N(c3ccc(-c4ccccc4)cc3)c3ccc(-c4cc(-c5ccc6c(c5)oc5ccccc56)cc(-c5cccc6c5c5ccccc5n6-c5ccccc5)c4)cc3)cc2)cc1. The van der Waals surface area contributed by atoms with Gasteiger partial charge in [0.2, 0.25) is 0 Å². The molecule has 0 unspecified atom stereocenters. The Morgan fingerprint density at radius 3 is 1.35 bits per heavy atom. The lowest BCUT2D eigenvalue weighted by Gasteiger charge is -2.26. The molecule has 0 aliphatic rings. The summed E-state index contributed by atoms with van der Waals surface area (Å²) in [6.45, 7) is 0. The summed E-state index contributed by atoms with van der Waals surface area (Å²) in [6.07, 6.45) is 0. The first kappa shape index (κ1) is 40.1. The average Bonchev–Trinajstić information content (AvgIpc) is 3.98. The van der Waals surface area contributed by atoms with E-state index >= 15 is 0 Å². The first-order valence-corrected chi connectivity index (χ1v) is 23.6. The third kappa shape index (κ3) is 7.25. The largest absolute Gasteiger partial charge is 0.456 e. The van der Waals surface area contributed by atoms with Gasteiger partial charge in [-0.1, -0.05) is 170 Å². The monoisotopic (exact) mass is 880 g/mol. The van der Waals surface area contributed by atoms with E-state index < -0.39 is 0 Å². The second kappa shape index (κ2) is 16.9. The minimum absolute atomic E-state index is 0.881. The Bertz CT molecular complexity index is 3880. The molecule has 324 valence electrons. The fraction of sp³-hybridized carbons (Fsp3) is 0. The molecule has 2 heterocycles. The zero-order chi connectivity index (χ0) is 45.7. The van der Waals surface area contributed by atoms with Gasteiger partial charge in [0.15, 0.2) is 0 Å². The van der Waals surface area contributed by atoms with Crippen molar-refractivity contribution in [2.45, 2.75) is 0 Å². The predicted molar refractivity (Wildman–Crippen MR) is 290 cm³/mol. The third-order valence-electron chi connectivity index (χ3n) is 13.6. The Morgan fingerprint density at radius 1 is 0.275 bits per heavy atom. The quantitative estimate of drug-likeness (QED) is 0.144. The maximum absolute atomic E-state index is 6.45. The molecule has 13 aromatic rings. The van der Waals surface area contributed by atoms with Crippen molar-refractivity contribution in [2.75, 3.05) is 4.90 Å². The van der Waals surface area contributed by atoms with E-state index in [1.165, 1.54) is 49.6 Å². The molecule has 0 aliphatic heterocycles. The van der Waals surface area contributed by atoms with Crippen molar-refractivity contribution in [3.8, 4) is 61.3 Å². The highest BCUT2D eigenvalue weighted by atomic mass is 16.3. The maximum atomic E-state index is 6.45. The van der Waals surface area contributed by atoms with Crippen LogP contribution in [0.4, 0.5) is 17.1 Å². The molecule has 0 saturated heterocycles. The van der Waals surface area contributed by atoms with Gasteiger partial charge in [0.05, 0.1) is 11.0 Å². The fourth-order valence-electron chi connectivity index (χ4n) is 10.3. The van der Waals surface area contributed by atoms with E-state index in [4.69, 9.17) is 4.42 Å². The summed E-state index contributed by atoms with van der Waals surface area (Å²) in [7, 11) is 0. The van der Waals surface area contributed by atoms with Gasteiger partial charge in [-0.3, -0.25) is 0 Å². The number of nitrogens with zero attached hydrogens (tertiary/aromatic N) is 2. The Kier molecular flexibility index (Phi) is 9.84. The number of hydrogen-bond donors (Lipinski definition) is 0. The van der Waals surface area contributed by atoms with Crippen molar-refractivity contribution >= 4 is 60.8 Å². The van der Waals surface area contributed by atoms with Crippen molar-refractivity contribution in [1.82, 2.24) is 4.57 Å². The van der Waals surface area contributed by atoms with Crippen molar-refractivity contribution in [3.63, 3.8) is 0 Å². The minimum atomic E-state index is 0.881. The molecule has 0 amide bonds. The van der Waals surface area contributed by atoms with E-state index in [-0.39, 0.29) is 0 Å². The van der Waals surface area contributed by atoms with Crippen molar-refractivity contribution < 1.29 is 4.42 Å². The second-order valence-corrected chi connectivity index (χ2v) is 17.7. The molecule has 13 rings (SSSR count). The Hall–Kier alpha value is -9.18. The van der Waals surface area contributed by atoms with Gasteiger partial charge in [0.1, 0.15) is 11.2 Å². The van der Waals surface area contributed by atoms with E-state index in [1.807, 2.05) is 12.1 Å². The van der Waals surface area contributed by atoms with Crippen LogP contribution in [0.25, 0.3) is 105 Å². The lowest BCUT2D eigenvalue weighted by atomic mass is 9.91. The second-order valence-electron chi connectivity index (χ2n) is 17.7. The van der Waals surface area contributed by atoms with E-state index in [9.17, 15) is 0 Å². The van der Waals surface area contributed by atoms with Crippen LogP contribution in [0.1, 0.15) is 0 Å². The van der Waals surface area contributed by atoms with Gasteiger partial charge in [-0.15, -0.1) is 0 Å². The maximum Gasteiger partial charge on any atom is 0.136 e. The first-order valence-electron chi connectivity index (χ1n) is 23.6. The summed E-state index contributed by atoms with van der Waals surface area (Å²) in [4.78, 5) is 2.35. The molecular formula is C66H44N2O. The smallest absolute Gasteiger partial charge is 0.136 e. The molecule has 3 nitrogen and oxygen atoms in total. The highest BCUT2D eigenvalue weighted by Crippen LogP contribution is 2.43. The standard InChI is InChI=1S/C66H44N2O/c1-4-15-45(16-5-1)47-27-34-55(35-28-47)67(56-36-29-48(30-37-56)46-17-6-2-7-18-46)57-38-31-49(32-39-57)51-41-52(50-33-40-60-59-21-11-13-26-64(59)69-65(60)44-50)43-53(42-51)58-23-14-25-63-66(58)61-22-10-12-24-62(61)68(63)54-19-8-3-9-20-54/h1-44H. The number of hydrogen-bond acceptors (Lipinski definition) is 2. The zero-order valence-corrected chi connectivity index (χ0v) is 37.7. The van der Waals surface area contributed by atoms with Gasteiger partial charge in [0, 0.05) is 44.3 Å². The summed E-state index contributed by atoms with van der Waals surface area (Å²) < 4.78 is 8.85. The normalized spacial score (nSPS) is 11.5. The fourth-order valence-corrected chi connectivity index (χ4v) is 10.3. The Balaban J connectivity index is 0.957. The molecule has 0 fully saturated rings. The van der Waals surface area contributed by atoms with Gasteiger partial charge >= 0.3 is 0 Å². The van der Waals surface area contributed by atoms with Crippen LogP contribution in [0.2, 0.25) is 0 Å². The Labute approximate surface area is 401 Å². The van der Waals surface area contributed by atoms with Gasteiger partial charge in [-0.2, -0.15) is 0 Å². The van der Waals surface area contributed by atoms with E-state index in [2.05, 4.69) is 264 Å². The van der Waals surface area contributed by atoms with E-state index in [0.29, 0.717) is 0 Å². The molecule has 0 spiro atoms. The number of rotatable bonds is 9. The molecule has 0 aliphatic carbocycles. The minimum Gasteiger partial charge on any atom is -0.456 e. The third-order valence-corrected chi connectivity index (χ3v) is 13.6. The predicted octanol–water partition coefficient (Wildman–Crippen LogP) is 18.5. The Morgan fingerprint density at radius 2 is 0.725 bits per heavy atom. The average molecular weight is 881 g/mol. The number of furan rings is 1. The van der Waals surface area contributed by atoms with Crippen LogP contribution in [0.3, 0.4) is 0 Å². The number of anilines is 3. The summed E-state index contributed by atoms with van der Waals surface area (Å²) in [5.74, 6) is 0. The molecule has 0 saturated carbocycles. The molecule has 11 aromatic carbocycles. The van der Waals surface area contributed by atoms with Gasteiger partial charge in [-0.05, 0) is 153 Å². The van der Waals surface area contributed by atoms with Crippen LogP contribution in [-0.4, -0.2) is 4.57 Å². The number of benzene rings is 11. The van der Waals surface area contributed by atoms with Crippen LogP contribution in [0.5, 0.6) is 0 Å². The van der Waals surface area contributed by atoms with Crippen LogP contribution in [0, 0.1) is 0 Å². The number of aromatic nitrogens is 1. The van der Waals surface area contributed by atoms with Crippen molar-refractivity contribution in [2.24, 2.45) is 0 Å². The topological polar surface area (TPSA) is 21.3 Å². The molecule has 0 atom stereocenters. The first-order chi connectivity index (χ1) is 34.2. The summed E-state index contributed by atoms with van der Waals surface area (Å²) in [5.41, 5.74) is 20.1. The van der Waals surface area contributed by atoms with E-state index in [1.54, 1.807) is 0 Å². The van der Waals surface area contributed by atoms with Crippen LogP contribution >= 0.6 is 0 Å². The van der Waals surface area contributed by atoms with Gasteiger partial charge in [-0.25, -0.2) is 0 Å².